The Balaban J connectivity index is 1.20. The van der Waals surface area contributed by atoms with Crippen molar-refractivity contribution in [1.29, 1.82) is 0 Å². The van der Waals surface area contributed by atoms with Crippen molar-refractivity contribution in [2.45, 2.75) is 34.0 Å². The number of likely N-dealkylation sites (tertiary alicyclic amines) is 1. The summed E-state index contributed by atoms with van der Waals surface area (Å²) in [6, 6.07) is 27.4. The van der Waals surface area contributed by atoms with Gasteiger partial charge in [-0.1, -0.05) is 66.7 Å². The fraction of sp³-hybridized carbons (Fsp3) is 0.379. The molecule has 188 valence electrons. The zero-order chi connectivity index (χ0) is 24.8. The van der Waals surface area contributed by atoms with E-state index < -0.39 is 20.8 Å². The SMILES string of the molecule is O=S1CC2(CCN(C[C@@H]3CN(S(=O)(=O)c4ccccc4)C[C@H]3c3ccccc3)CC2)c2ccccc21. The first-order chi connectivity index (χ1) is 17.5. The van der Waals surface area contributed by atoms with Crippen LogP contribution < -0.4 is 0 Å². The van der Waals surface area contributed by atoms with E-state index in [1.165, 1.54) is 11.1 Å². The third-order valence-corrected chi connectivity index (χ3v) is 11.9. The Bertz CT molecular complexity index is 1350. The summed E-state index contributed by atoms with van der Waals surface area (Å²) >= 11 is 0. The van der Waals surface area contributed by atoms with E-state index in [1.54, 1.807) is 28.6 Å². The summed E-state index contributed by atoms with van der Waals surface area (Å²) in [6.45, 7) is 3.83. The lowest BCUT2D eigenvalue weighted by atomic mass is 9.74. The van der Waals surface area contributed by atoms with Gasteiger partial charge >= 0.3 is 0 Å². The van der Waals surface area contributed by atoms with Crippen molar-refractivity contribution >= 4 is 20.8 Å². The molecule has 3 aliphatic rings. The van der Waals surface area contributed by atoms with Gasteiger partial charge in [0, 0.05) is 41.6 Å². The Labute approximate surface area is 216 Å². The minimum atomic E-state index is -3.53. The van der Waals surface area contributed by atoms with E-state index in [9.17, 15) is 12.6 Å². The van der Waals surface area contributed by atoms with Crippen LogP contribution in [0.5, 0.6) is 0 Å². The first kappa shape index (κ1) is 24.0. The Morgan fingerprint density at radius 2 is 1.47 bits per heavy atom. The summed E-state index contributed by atoms with van der Waals surface area (Å²) in [7, 11) is -4.44. The third-order valence-electron chi connectivity index (χ3n) is 8.43. The predicted octanol–water partition coefficient (Wildman–Crippen LogP) is 4.25. The number of nitrogens with zero attached hydrogens (tertiary/aromatic N) is 2. The van der Waals surface area contributed by atoms with Gasteiger partial charge in [0.15, 0.2) is 0 Å². The highest BCUT2D eigenvalue weighted by atomic mass is 32.2. The Hall–Kier alpha value is -2.32. The summed E-state index contributed by atoms with van der Waals surface area (Å²) in [5, 5.41) is 0. The van der Waals surface area contributed by atoms with Gasteiger partial charge in [-0.2, -0.15) is 4.31 Å². The zero-order valence-corrected chi connectivity index (χ0v) is 22.0. The summed E-state index contributed by atoms with van der Waals surface area (Å²) in [5.74, 6) is 1.13. The summed E-state index contributed by atoms with van der Waals surface area (Å²) < 4.78 is 41.4. The smallest absolute Gasteiger partial charge is 0.243 e. The van der Waals surface area contributed by atoms with Gasteiger partial charge in [-0.05, 0) is 61.2 Å². The lowest BCUT2D eigenvalue weighted by Crippen LogP contribution is -2.45. The number of fused-ring (bicyclic) bond motifs is 2. The molecule has 36 heavy (non-hydrogen) atoms. The largest absolute Gasteiger partial charge is 0.303 e. The van der Waals surface area contributed by atoms with Crippen LogP contribution in [0, 0.1) is 5.92 Å². The van der Waals surface area contributed by atoms with Crippen LogP contribution in [0.2, 0.25) is 0 Å². The van der Waals surface area contributed by atoms with E-state index in [-0.39, 0.29) is 17.3 Å². The molecule has 0 aliphatic carbocycles. The lowest BCUT2D eigenvalue weighted by molar-refractivity contribution is 0.148. The molecule has 0 saturated carbocycles. The van der Waals surface area contributed by atoms with Crippen molar-refractivity contribution in [3.05, 3.63) is 96.1 Å². The molecule has 3 atom stereocenters. The molecule has 2 saturated heterocycles. The molecular formula is C29H32N2O3S2. The van der Waals surface area contributed by atoms with Crippen LogP contribution in [0.1, 0.15) is 29.9 Å². The Morgan fingerprint density at radius 1 is 0.833 bits per heavy atom. The van der Waals surface area contributed by atoms with Gasteiger partial charge in [-0.25, -0.2) is 8.42 Å². The molecule has 3 aromatic carbocycles. The standard InChI is InChI=1S/C29H32N2O3S2/c32-35-22-29(27-13-7-8-14-28(27)35)15-17-30(18-16-29)19-24-20-31(21-26(24)23-9-3-1-4-10-23)36(33,34)25-11-5-2-6-12-25/h1-14,24,26H,15-22H2/t24-,26+,35?/m1/s1. The molecule has 1 unspecified atom stereocenters. The van der Waals surface area contributed by atoms with Crippen molar-refractivity contribution in [1.82, 2.24) is 9.21 Å². The molecule has 5 nitrogen and oxygen atoms in total. The molecule has 1 spiro atoms. The third kappa shape index (κ3) is 4.26. The normalized spacial score (nSPS) is 26.3. The summed E-state index contributed by atoms with van der Waals surface area (Å²) in [4.78, 5) is 3.90. The van der Waals surface area contributed by atoms with Crippen molar-refractivity contribution in [3.63, 3.8) is 0 Å². The minimum Gasteiger partial charge on any atom is -0.303 e. The molecule has 3 aliphatic heterocycles. The van der Waals surface area contributed by atoms with Crippen LogP contribution in [0.3, 0.4) is 0 Å². The van der Waals surface area contributed by atoms with Crippen molar-refractivity contribution in [2.24, 2.45) is 5.92 Å². The lowest BCUT2D eigenvalue weighted by Gasteiger charge is -2.40. The molecule has 2 fully saturated rings. The summed E-state index contributed by atoms with van der Waals surface area (Å²) in [6.07, 6.45) is 2.01. The summed E-state index contributed by atoms with van der Waals surface area (Å²) in [5.41, 5.74) is 2.52. The Kier molecular flexibility index (Phi) is 6.36. The van der Waals surface area contributed by atoms with E-state index in [0.29, 0.717) is 18.0 Å². The Morgan fingerprint density at radius 3 is 2.19 bits per heavy atom. The monoisotopic (exact) mass is 520 g/mol. The highest BCUT2D eigenvalue weighted by Crippen LogP contribution is 2.45. The van der Waals surface area contributed by atoms with Gasteiger partial charge in [-0.15, -0.1) is 0 Å². The molecule has 0 N–H and O–H groups in total. The maximum Gasteiger partial charge on any atom is 0.243 e. The van der Waals surface area contributed by atoms with Crippen LogP contribution in [-0.4, -0.2) is 60.3 Å². The second kappa shape index (κ2) is 9.53. The van der Waals surface area contributed by atoms with E-state index in [4.69, 9.17) is 0 Å². The maximum absolute atomic E-state index is 13.5. The van der Waals surface area contributed by atoms with Crippen molar-refractivity contribution < 1.29 is 12.6 Å². The van der Waals surface area contributed by atoms with Gasteiger partial charge in [0.1, 0.15) is 0 Å². The predicted molar refractivity (Wildman–Crippen MR) is 143 cm³/mol. The molecule has 0 amide bonds. The molecule has 0 bridgehead atoms. The molecule has 6 rings (SSSR count). The van der Waals surface area contributed by atoms with Gasteiger partial charge in [-0.3, -0.25) is 4.21 Å². The van der Waals surface area contributed by atoms with Gasteiger partial charge < -0.3 is 4.90 Å². The first-order valence-electron chi connectivity index (χ1n) is 12.8. The van der Waals surface area contributed by atoms with Crippen LogP contribution in [-0.2, 0) is 26.2 Å². The average molecular weight is 521 g/mol. The fourth-order valence-electron chi connectivity index (χ4n) is 6.45. The van der Waals surface area contributed by atoms with E-state index in [1.807, 2.05) is 36.4 Å². The second-order valence-electron chi connectivity index (χ2n) is 10.5. The quantitative estimate of drug-likeness (QED) is 0.505. The maximum atomic E-state index is 13.5. The van der Waals surface area contributed by atoms with Gasteiger partial charge in [0.05, 0.1) is 15.7 Å². The topological polar surface area (TPSA) is 57.7 Å². The molecule has 3 aromatic rings. The second-order valence-corrected chi connectivity index (χ2v) is 13.8. The van der Waals surface area contributed by atoms with Crippen LogP contribution >= 0.6 is 0 Å². The molecule has 7 heteroatoms. The molecular weight excluding hydrogens is 488 g/mol. The van der Waals surface area contributed by atoms with Crippen molar-refractivity contribution in [2.75, 3.05) is 38.5 Å². The van der Waals surface area contributed by atoms with Crippen LogP contribution in [0.15, 0.2) is 94.7 Å². The fourth-order valence-corrected chi connectivity index (χ4v) is 9.86. The number of rotatable bonds is 5. The molecule has 0 aromatic heterocycles. The number of hydrogen-bond acceptors (Lipinski definition) is 4. The van der Waals surface area contributed by atoms with Crippen LogP contribution in [0.4, 0.5) is 0 Å². The number of hydrogen-bond donors (Lipinski definition) is 0. The zero-order valence-electron chi connectivity index (χ0n) is 20.3. The van der Waals surface area contributed by atoms with Crippen LogP contribution in [0.25, 0.3) is 0 Å². The highest BCUT2D eigenvalue weighted by Gasteiger charge is 2.46. The van der Waals surface area contributed by atoms with E-state index >= 15 is 0 Å². The molecule has 0 radical (unpaired) electrons. The average Bonchev–Trinajstić information content (AvgIpc) is 3.46. The van der Waals surface area contributed by atoms with Crippen molar-refractivity contribution in [3.8, 4) is 0 Å². The number of sulfonamides is 1. The highest BCUT2D eigenvalue weighted by molar-refractivity contribution is 7.89. The number of benzene rings is 3. The van der Waals surface area contributed by atoms with Gasteiger partial charge in [0.25, 0.3) is 0 Å². The van der Waals surface area contributed by atoms with Gasteiger partial charge in [0.2, 0.25) is 10.0 Å². The molecule has 3 heterocycles. The van der Waals surface area contributed by atoms with E-state index in [0.717, 1.165) is 43.1 Å². The first-order valence-corrected chi connectivity index (χ1v) is 15.5. The minimum absolute atomic E-state index is 0.0230. The van der Waals surface area contributed by atoms with E-state index in [2.05, 4.69) is 29.2 Å². The number of piperidine rings is 1.